The van der Waals surface area contributed by atoms with Crippen molar-refractivity contribution in [3.8, 4) is 0 Å². The summed E-state index contributed by atoms with van der Waals surface area (Å²) in [7, 11) is 0. The van der Waals surface area contributed by atoms with E-state index in [1.54, 1.807) is 13.8 Å². The van der Waals surface area contributed by atoms with Crippen LogP contribution in [0.4, 0.5) is 0 Å². The number of carbonyl (C=O) groups is 3. The first kappa shape index (κ1) is 15.7. The smallest absolute Gasteiger partial charge is 0.320 e. The molecular formula is C14H22O5. The van der Waals surface area contributed by atoms with Crippen molar-refractivity contribution in [1.29, 1.82) is 0 Å². The summed E-state index contributed by atoms with van der Waals surface area (Å²) in [5.74, 6) is -2.20. The standard InChI is InChI=1S/C14H22O5/c1-4-18-13(16)12(14(17)19-5-2)11-8-10(15)7-6-9(11)3/h9,11-12H,4-8H2,1-3H3. The topological polar surface area (TPSA) is 69.7 Å². The second-order valence-electron chi connectivity index (χ2n) is 4.90. The lowest BCUT2D eigenvalue weighted by Crippen LogP contribution is -2.40. The molecule has 0 heterocycles. The highest BCUT2D eigenvalue weighted by molar-refractivity contribution is 5.96. The predicted molar refractivity (Wildman–Crippen MR) is 68.3 cm³/mol. The molecule has 2 unspecified atom stereocenters. The number of esters is 2. The third-order valence-corrected chi connectivity index (χ3v) is 3.58. The van der Waals surface area contributed by atoms with Crippen LogP contribution in [0.15, 0.2) is 0 Å². The van der Waals surface area contributed by atoms with Crippen molar-refractivity contribution >= 4 is 17.7 Å². The van der Waals surface area contributed by atoms with Gasteiger partial charge in [0.05, 0.1) is 13.2 Å². The summed E-state index contributed by atoms with van der Waals surface area (Å²) in [6, 6.07) is 0. The summed E-state index contributed by atoms with van der Waals surface area (Å²) in [6.07, 6.45) is 1.48. The van der Waals surface area contributed by atoms with E-state index in [-0.39, 0.29) is 37.3 Å². The van der Waals surface area contributed by atoms with Crippen molar-refractivity contribution in [1.82, 2.24) is 0 Å². The summed E-state index contributed by atoms with van der Waals surface area (Å²) in [6.45, 7) is 5.77. The molecule has 0 bridgehead atoms. The van der Waals surface area contributed by atoms with Crippen LogP contribution in [-0.2, 0) is 23.9 Å². The lowest BCUT2D eigenvalue weighted by molar-refractivity contribution is -0.166. The van der Waals surface area contributed by atoms with Gasteiger partial charge in [-0.1, -0.05) is 6.92 Å². The van der Waals surface area contributed by atoms with Crippen molar-refractivity contribution < 1.29 is 23.9 Å². The Bertz CT molecular complexity index is 332. The van der Waals surface area contributed by atoms with E-state index in [2.05, 4.69) is 0 Å². The summed E-state index contributed by atoms with van der Waals surface area (Å²) in [5.41, 5.74) is 0. The summed E-state index contributed by atoms with van der Waals surface area (Å²) in [4.78, 5) is 35.5. The summed E-state index contributed by atoms with van der Waals surface area (Å²) < 4.78 is 9.91. The SMILES string of the molecule is CCOC(=O)C(C(=O)OCC)C1CC(=O)CCC1C. The molecule has 5 nitrogen and oxygen atoms in total. The number of carbonyl (C=O) groups excluding carboxylic acids is 3. The Hall–Kier alpha value is -1.39. The van der Waals surface area contributed by atoms with E-state index in [1.807, 2.05) is 6.92 Å². The van der Waals surface area contributed by atoms with E-state index in [4.69, 9.17) is 9.47 Å². The third-order valence-electron chi connectivity index (χ3n) is 3.58. The van der Waals surface area contributed by atoms with Gasteiger partial charge in [-0.3, -0.25) is 14.4 Å². The molecule has 0 aliphatic heterocycles. The highest BCUT2D eigenvalue weighted by Gasteiger charge is 2.42. The maximum Gasteiger partial charge on any atom is 0.320 e. The first-order valence-corrected chi connectivity index (χ1v) is 6.86. The summed E-state index contributed by atoms with van der Waals surface area (Å²) in [5, 5.41) is 0. The number of ketones is 1. The van der Waals surface area contributed by atoms with Gasteiger partial charge in [-0.25, -0.2) is 0 Å². The van der Waals surface area contributed by atoms with Gasteiger partial charge in [-0.2, -0.15) is 0 Å². The Morgan fingerprint density at radius 2 is 1.74 bits per heavy atom. The maximum absolute atomic E-state index is 12.0. The van der Waals surface area contributed by atoms with Gasteiger partial charge in [0.25, 0.3) is 0 Å². The number of rotatable bonds is 5. The van der Waals surface area contributed by atoms with E-state index in [9.17, 15) is 14.4 Å². The van der Waals surface area contributed by atoms with Crippen LogP contribution >= 0.6 is 0 Å². The Morgan fingerprint density at radius 1 is 1.21 bits per heavy atom. The average molecular weight is 270 g/mol. The zero-order valence-electron chi connectivity index (χ0n) is 11.8. The largest absolute Gasteiger partial charge is 0.465 e. The molecular weight excluding hydrogens is 248 g/mol. The van der Waals surface area contributed by atoms with Crippen LogP contribution in [0.2, 0.25) is 0 Å². The predicted octanol–water partition coefficient (Wildman–Crippen LogP) is 1.73. The van der Waals surface area contributed by atoms with E-state index < -0.39 is 17.9 Å². The maximum atomic E-state index is 12.0. The lowest BCUT2D eigenvalue weighted by atomic mass is 9.72. The van der Waals surface area contributed by atoms with Gasteiger partial charge < -0.3 is 9.47 Å². The van der Waals surface area contributed by atoms with Gasteiger partial charge in [0, 0.05) is 12.8 Å². The van der Waals surface area contributed by atoms with Gasteiger partial charge in [-0.15, -0.1) is 0 Å². The van der Waals surface area contributed by atoms with Crippen LogP contribution in [0.1, 0.15) is 40.0 Å². The van der Waals surface area contributed by atoms with E-state index in [0.717, 1.165) is 0 Å². The van der Waals surface area contributed by atoms with E-state index >= 15 is 0 Å². The van der Waals surface area contributed by atoms with E-state index in [1.165, 1.54) is 0 Å². The molecule has 0 amide bonds. The Labute approximate surface area is 113 Å². The van der Waals surface area contributed by atoms with Crippen molar-refractivity contribution in [2.75, 3.05) is 13.2 Å². The lowest BCUT2D eigenvalue weighted by Gasteiger charge is -2.31. The van der Waals surface area contributed by atoms with Crippen molar-refractivity contribution in [2.24, 2.45) is 17.8 Å². The number of hydrogen-bond acceptors (Lipinski definition) is 5. The fraction of sp³-hybridized carbons (Fsp3) is 0.786. The second-order valence-corrected chi connectivity index (χ2v) is 4.90. The molecule has 2 atom stereocenters. The fourth-order valence-corrected chi connectivity index (χ4v) is 2.53. The molecule has 0 aromatic heterocycles. The number of Topliss-reactive ketones (excluding diaryl/α,β-unsaturated/α-hetero) is 1. The quantitative estimate of drug-likeness (QED) is 0.562. The minimum Gasteiger partial charge on any atom is -0.465 e. The second kappa shape index (κ2) is 7.26. The monoisotopic (exact) mass is 270 g/mol. The molecule has 1 fully saturated rings. The molecule has 0 radical (unpaired) electrons. The molecule has 0 spiro atoms. The molecule has 0 saturated heterocycles. The van der Waals surface area contributed by atoms with Gasteiger partial charge in [-0.05, 0) is 32.1 Å². The van der Waals surface area contributed by atoms with Crippen molar-refractivity contribution in [3.63, 3.8) is 0 Å². The molecule has 19 heavy (non-hydrogen) atoms. The van der Waals surface area contributed by atoms with Crippen LogP contribution in [-0.4, -0.2) is 30.9 Å². The highest BCUT2D eigenvalue weighted by Crippen LogP contribution is 2.34. The Morgan fingerprint density at radius 3 is 2.21 bits per heavy atom. The Balaban J connectivity index is 2.90. The highest BCUT2D eigenvalue weighted by atomic mass is 16.6. The van der Waals surface area contributed by atoms with Gasteiger partial charge in [0.1, 0.15) is 5.78 Å². The van der Waals surface area contributed by atoms with E-state index in [0.29, 0.717) is 12.8 Å². The van der Waals surface area contributed by atoms with Gasteiger partial charge in [0.15, 0.2) is 5.92 Å². The molecule has 1 rings (SSSR count). The minimum absolute atomic E-state index is 0.0988. The first-order valence-electron chi connectivity index (χ1n) is 6.86. The average Bonchev–Trinajstić information content (AvgIpc) is 2.34. The Kier molecular flexibility index (Phi) is 5.99. The van der Waals surface area contributed by atoms with Crippen LogP contribution < -0.4 is 0 Å². The van der Waals surface area contributed by atoms with Crippen molar-refractivity contribution in [3.05, 3.63) is 0 Å². The normalized spacial score (nSPS) is 23.3. The number of hydrogen-bond donors (Lipinski definition) is 0. The minimum atomic E-state index is -0.973. The molecule has 1 aliphatic carbocycles. The van der Waals surface area contributed by atoms with Gasteiger partial charge >= 0.3 is 11.9 Å². The molecule has 0 N–H and O–H groups in total. The zero-order valence-corrected chi connectivity index (χ0v) is 11.8. The number of ether oxygens (including phenoxy) is 2. The van der Waals surface area contributed by atoms with Crippen LogP contribution in [0.25, 0.3) is 0 Å². The zero-order chi connectivity index (χ0) is 14.4. The van der Waals surface area contributed by atoms with Crippen LogP contribution in [0.5, 0.6) is 0 Å². The third kappa shape index (κ3) is 4.04. The van der Waals surface area contributed by atoms with Gasteiger partial charge in [0.2, 0.25) is 0 Å². The fourth-order valence-electron chi connectivity index (χ4n) is 2.53. The van der Waals surface area contributed by atoms with Crippen LogP contribution in [0.3, 0.4) is 0 Å². The molecule has 0 aromatic rings. The molecule has 108 valence electrons. The van der Waals surface area contributed by atoms with Crippen LogP contribution in [0, 0.1) is 17.8 Å². The molecule has 0 aromatic carbocycles. The van der Waals surface area contributed by atoms with Crippen molar-refractivity contribution in [2.45, 2.75) is 40.0 Å². The molecule has 1 saturated carbocycles. The first-order chi connectivity index (χ1) is 9.01. The molecule has 5 heteroatoms. The summed E-state index contributed by atoms with van der Waals surface area (Å²) >= 11 is 0. The molecule has 1 aliphatic rings.